The Morgan fingerprint density at radius 3 is 2.82 bits per heavy atom. The summed E-state index contributed by atoms with van der Waals surface area (Å²) in [6.07, 6.45) is 0. The molecule has 4 heteroatoms. The molecule has 0 bridgehead atoms. The molecule has 0 saturated carbocycles. The molecule has 0 aromatic heterocycles. The van der Waals surface area contributed by atoms with Crippen LogP contribution >= 0.6 is 0 Å². The van der Waals surface area contributed by atoms with Gasteiger partial charge in [0.2, 0.25) is 5.91 Å². The third-order valence-corrected chi connectivity index (χ3v) is 3.10. The molecule has 1 saturated heterocycles. The lowest BCUT2D eigenvalue weighted by molar-refractivity contribution is -0.125. The van der Waals surface area contributed by atoms with Crippen LogP contribution in [-0.4, -0.2) is 32.2 Å². The number of carbonyl (C=O) groups excluding carboxylic acids is 1. The second kappa shape index (κ2) is 5.80. The number of hydrogen-bond acceptors (Lipinski definition) is 3. The maximum absolute atomic E-state index is 12.0. The first kappa shape index (κ1) is 12.1. The van der Waals surface area contributed by atoms with E-state index in [9.17, 15) is 4.79 Å². The maximum atomic E-state index is 12.0. The van der Waals surface area contributed by atoms with Gasteiger partial charge < -0.3 is 15.4 Å². The van der Waals surface area contributed by atoms with Gasteiger partial charge >= 0.3 is 0 Å². The number of benzene rings is 1. The molecule has 2 N–H and O–H groups in total. The summed E-state index contributed by atoms with van der Waals surface area (Å²) in [5, 5.41) is 6.05. The van der Waals surface area contributed by atoms with Gasteiger partial charge in [-0.3, -0.25) is 4.79 Å². The van der Waals surface area contributed by atoms with Crippen molar-refractivity contribution in [1.82, 2.24) is 10.6 Å². The van der Waals surface area contributed by atoms with Crippen LogP contribution in [-0.2, 0) is 16.1 Å². The standard InChI is InChI=1S/C13H18N2O2/c1-14-12-9-17-8-11(12)13(16)15-7-10-5-3-2-4-6-10/h2-6,11-12,14H,7-9H2,1H3,(H,15,16). The summed E-state index contributed by atoms with van der Waals surface area (Å²) in [5.41, 5.74) is 1.11. The van der Waals surface area contributed by atoms with E-state index in [1.165, 1.54) is 0 Å². The number of amides is 1. The molecule has 4 nitrogen and oxygen atoms in total. The molecule has 17 heavy (non-hydrogen) atoms. The lowest BCUT2D eigenvalue weighted by Crippen LogP contribution is -2.42. The van der Waals surface area contributed by atoms with Crippen LogP contribution in [0.15, 0.2) is 30.3 Å². The lowest BCUT2D eigenvalue weighted by Gasteiger charge is -2.16. The van der Waals surface area contributed by atoms with Gasteiger partial charge in [-0.05, 0) is 12.6 Å². The zero-order valence-corrected chi connectivity index (χ0v) is 9.98. The van der Waals surface area contributed by atoms with Gasteiger partial charge in [-0.15, -0.1) is 0 Å². The highest BCUT2D eigenvalue weighted by Crippen LogP contribution is 2.13. The summed E-state index contributed by atoms with van der Waals surface area (Å²) < 4.78 is 5.31. The molecule has 1 aliphatic rings. The normalized spacial score (nSPS) is 23.6. The number of rotatable bonds is 4. The van der Waals surface area contributed by atoms with Gasteiger partial charge in [0, 0.05) is 12.6 Å². The molecule has 2 rings (SSSR count). The van der Waals surface area contributed by atoms with Crippen LogP contribution in [0.5, 0.6) is 0 Å². The third kappa shape index (κ3) is 3.05. The third-order valence-electron chi connectivity index (χ3n) is 3.10. The monoisotopic (exact) mass is 234 g/mol. The predicted octanol–water partition coefficient (Wildman–Crippen LogP) is 0.537. The molecule has 0 spiro atoms. The number of likely N-dealkylation sites (N-methyl/N-ethyl adjacent to an activating group) is 1. The molecule has 0 aliphatic carbocycles. The molecular formula is C13H18N2O2. The second-order valence-electron chi connectivity index (χ2n) is 4.24. The van der Waals surface area contributed by atoms with Crippen LogP contribution in [0.3, 0.4) is 0 Å². The molecule has 1 aliphatic heterocycles. The second-order valence-corrected chi connectivity index (χ2v) is 4.24. The van der Waals surface area contributed by atoms with Crippen LogP contribution < -0.4 is 10.6 Å². The lowest BCUT2D eigenvalue weighted by atomic mass is 10.0. The van der Waals surface area contributed by atoms with Gasteiger partial charge in [0.05, 0.1) is 19.1 Å². The Balaban J connectivity index is 1.85. The molecule has 1 fully saturated rings. The van der Waals surface area contributed by atoms with Gasteiger partial charge in [-0.1, -0.05) is 30.3 Å². The molecule has 1 heterocycles. The van der Waals surface area contributed by atoms with E-state index in [0.717, 1.165) is 5.56 Å². The number of ether oxygens (including phenoxy) is 1. The van der Waals surface area contributed by atoms with Gasteiger partial charge in [0.25, 0.3) is 0 Å². The van der Waals surface area contributed by atoms with Crippen molar-refractivity contribution < 1.29 is 9.53 Å². The molecule has 92 valence electrons. The van der Waals surface area contributed by atoms with Crippen LogP contribution in [0, 0.1) is 5.92 Å². The summed E-state index contributed by atoms with van der Waals surface area (Å²) in [5.74, 6) is -0.0191. The number of nitrogens with one attached hydrogen (secondary N) is 2. The highest BCUT2D eigenvalue weighted by Gasteiger charge is 2.32. The molecule has 1 aromatic carbocycles. The molecular weight excluding hydrogens is 216 g/mol. The van der Waals surface area contributed by atoms with E-state index in [2.05, 4.69) is 10.6 Å². The SMILES string of the molecule is CNC1COCC1C(=O)NCc1ccccc1. The number of carbonyl (C=O) groups is 1. The zero-order valence-electron chi connectivity index (χ0n) is 9.98. The van der Waals surface area contributed by atoms with Crippen molar-refractivity contribution in [2.45, 2.75) is 12.6 Å². The first-order chi connectivity index (χ1) is 8.31. The van der Waals surface area contributed by atoms with E-state index in [-0.39, 0.29) is 17.9 Å². The van der Waals surface area contributed by atoms with Crippen molar-refractivity contribution in [2.24, 2.45) is 5.92 Å². The largest absolute Gasteiger partial charge is 0.379 e. The van der Waals surface area contributed by atoms with Crippen molar-refractivity contribution in [3.8, 4) is 0 Å². The van der Waals surface area contributed by atoms with Crippen LogP contribution in [0.4, 0.5) is 0 Å². The Kier molecular flexibility index (Phi) is 4.12. The van der Waals surface area contributed by atoms with E-state index < -0.39 is 0 Å². The summed E-state index contributed by atoms with van der Waals surface area (Å²) in [7, 11) is 1.86. The predicted molar refractivity (Wildman–Crippen MR) is 65.4 cm³/mol. The van der Waals surface area contributed by atoms with Gasteiger partial charge in [-0.25, -0.2) is 0 Å². The van der Waals surface area contributed by atoms with Crippen molar-refractivity contribution >= 4 is 5.91 Å². The highest BCUT2D eigenvalue weighted by molar-refractivity contribution is 5.79. The van der Waals surface area contributed by atoms with Gasteiger partial charge in [0.1, 0.15) is 0 Å². The smallest absolute Gasteiger partial charge is 0.227 e. The van der Waals surface area contributed by atoms with Crippen molar-refractivity contribution in [3.63, 3.8) is 0 Å². The minimum atomic E-state index is -0.0799. The summed E-state index contributed by atoms with van der Waals surface area (Å²) in [6, 6.07) is 10.0. The fourth-order valence-corrected chi connectivity index (χ4v) is 2.01. The molecule has 1 aromatic rings. The average molecular weight is 234 g/mol. The molecule has 0 radical (unpaired) electrons. The topological polar surface area (TPSA) is 50.4 Å². The Bertz CT molecular complexity index is 367. The van der Waals surface area contributed by atoms with Crippen LogP contribution in [0.2, 0.25) is 0 Å². The van der Waals surface area contributed by atoms with Crippen molar-refractivity contribution in [3.05, 3.63) is 35.9 Å². The Morgan fingerprint density at radius 1 is 1.35 bits per heavy atom. The fourth-order valence-electron chi connectivity index (χ4n) is 2.01. The summed E-state index contributed by atoms with van der Waals surface area (Å²) in [4.78, 5) is 12.0. The minimum absolute atomic E-state index is 0.0608. The summed E-state index contributed by atoms with van der Waals surface area (Å²) >= 11 is 0. The van der Waals surface area contributed by atoms with E-state index in [4.69, 9.17) is 4.74 Å². The van der Waals surface area contributed by atoms with E-state index in [0.29, 0.717) is 19.8 Å². The Labute approximate surface area is 101 Å². The zero-order chi connectivity index (χ0) is 12.1. The Hall–Kier alpha value is -1.39. The van der Waals surface area contributed by atoms with Crippen molar-refractivity contribution in [1.29, 1.82) is 0 Å². The minimum Gasteiger partial charge on any atom is -0.379 e. The maximum Gasteiger partial charge on any atom is 0.227 e. The van der Waals surface area contributed by atoms with Gasteiger partial charge in [0.15, 0.2) is 0 Å². The fraction of sp³-hybridized carbons (Fsp3) is 0.462. The van der Waals surface area contributed by atoms with Crippen molar-refractivity contribution in [2.75, 3.05) is 20.3 Å². The van der Waals surface area contributed by atoms with Crippen LogP contribution in [0.1, 0.15) is 5.56 Å². The Morgan fingerprint density at radius 2 is 2.12 bits per heavy atom. The molecule has 1 amide bonds. The highest BCUT2D eigenvalue weighted by atomic mass is 16.5. The summed E-state index contributed by atoms with van der Waals surface area (Å²) in [6.45, 7) is 1.69. The van der Waals surface area contributed by atoms with Gasteiger partial charge in [-0.2, -0.15) is 0 Å². The van der Waals surface area contributed by atoms with E-state index >= 15 is 0 Å². The quantitative estimate of drug-likeness (QED) is 0.799. The van der Waals surface area contributed by atoms with E-state index in [1.54, 1.807) is 0 Å². The number of hydrogen-bond donors (Lipinski definition) is 2. The average Bonchev–Trinajstić information content (AvgIpc) is 2.85. The van der Waals surface area contributed by atoms with Crippen LogP contribution in [0.25, 0.3) is 0 Å². The molecule has 2 atom stereocenters. The first-order valence-electron chi connectivity index (χ1n) is 5.88. The van der Waals surface area contributed by atoms with E-state index in [1.807, 2.05) is 37.4 Å². The molecule has 2 unspecified atom stereocenters. The first-order valence-corrected chi connectivity index (χ1v) is 5.88.